The summed E-state index contributed by atoms with van der Waals surface area (Å²) in [5, 5.41) is 11.1. The third-order valence-electron chi connectivity index (χ3n) is 4.96. The van der Waals surface area contributed by atoms with Crippen LogP contribution in [0.25, 0.3) is 10.2 Å². The van der Waals surface area contributed by atoms with E-state index in [2.05, 4.69) is 10.9 Å². The number of amides is 1. The summed E-state index contributed by atoms with van der Waals surface area (Å²) in [6.45, 7) is 2.52. The number of rotatable bonds is 8. The number of nitro benzene ring substituents is 1. The molecule has 0 atom stereocenters. The van der Waals surface area contributed by atoms with Gasteiger partial charge in [0.2, 0.25) is 10.0 Å². The summed E-state index contributed by atoms with van der Waals surface area (Å²) >= 11 is 1.11. The predicted octanol–water partition coefficient (Wildman–Crippen LogP) is 3.41. The Bertz CT molecular complexity index is 1410. The first kappa shape index (κ1) is 24.3. The van der Waals surface area contributed by atoms with Crippen LogP contribution in [0.1, 0.15) is 30.1 Å². The Labute approximate surface area is 195 Å². The molecule has 1 amide bonds. The number of terminal acetylenes is 1. The number of benzene rings is 2. The molecule has 3 rings (SSSR count). The van der Waals surface area contributed by atoms with Gasteiger partial charge in [-0.05, 0) is 36.8 Å². The number of thiazole rings is 1. The van der Waals surface area contributed by atoms with Crippen molar-refractivity contribution in [2.75, 3.05) is 13.6 Å². The Hall–Kier alpha value is -3.33. The van der Waals surface area contributed by atoms with Crippen molar-refractivity contribution in [3.63, 3.8) is 0 Å². The van der Waals surface area contributed by atoms with E-state index in [9.17, 15) is 23.3 Å². The van der Waals surface area contributed by atoms with Crippen molar-refractivity contribution < 1.29 is 18.1 Å². The van der Waals surface area contributed by atoms with Gasteiger partial charge in [0.05, 0.1) is 26.6 Å². The molecule has 2 aromatic carbocycles. The average molecular weight is 487 g/mol. The number of nitro groups is 1. The van der Waals surface area contributed by atoms with Crippen molar-refractivity contribution in [2.24, 2.45) is 4.99 Å². The third-order valence-corrected chi connectivity index (χ3v) is 7.87. The summed E-state index contributed by atoms with van der Waals surface area (Å²) in [5.41, 5.74) is 0.766. The van der Waals surface area contributed by atoms with Crippen LogP contribution in [-0.2, 0) is 16.6 Å². The molecule has 0 unspecified atom stereocenters. The minimum atomic E-state index is -3.64. The van der Waals surface area contributed by atoms with E-state index in [1.807, 2.05) is 6.92 Å². The number of hydrogen-bond donors (Lipinski definition) is 0. The Kier molecular flexibility index (Phi) is 7.43. The van der Waals surface area contributed by atoms with Crippen LogP contribution in [0.15, 0.2) is 52.4 Å². The summed E-state index contributed by atoms with van der Waals surface area (Å²) in [7, 11) is -2.12. The van der Waals surface area contributed by atoms with Gasteiger partial charge >= 0.3 is 0 Å². The molecule has 172 valence electrons. The Balaban J connectivity index is 1.96. The topological polar surface area (TPSA) is 115 Å². The van der Waals surface area contributed by atoms with Crippen molar-refractivity contribution in [3.8, 4) is 12.3 Å². The maximum absolute atomic E-state index is 12.8. The van der Waals surface area contributed by atoms with E-state index in [-0.39, 0.29) is 22.7 Å². The number of carbonyl (C=O) groups excluding carboxylic acids is 1. The van der Waals surface area contributed by atoms with Gasteiger partial charge in [0.15, 0.2) is 4.80 Å². The molecule has 1 heterocycles. The highest BCUT2D eigenvalue weighted by Crippen LogP contribution is 2.23. The lowest BCUT2D eigenvalue weighted by Gasteiger charge is -2.16. The first-order valence-electron chi connectivity index (χ1n) is 10.1. The molecule has 0 spiro atoms. The van der Waals surface area contributed by atoms with Gasteiger partial charge in [0, 0.05) is 31.3 Å². The average Bonchev–Trinajstić information content (AvgIpc) is 3.13. The third kappa shape index (κ3) is 5.19. The lowest BCUT2D eigenvalue weighted by atomic mass is 10.2. The van der Waals surface area contributed by atoms with E-state index in [0.29, 0.717) is 21.6 Å². The number of aromatic nitrogens is 1. The summed E-state index contributed by atoms with van der Waals surface area (Å²) in [6.07, 6.45) is 7.08. The number of carbonyl (C=O) groups is 1. The van der Waals surface area contributed by atoms with E-state index in [0.717, 1.165) is 24.2 Å². The molecule has 0 saturated heterocycles. The van der Waals surface area contributed by atoms with Crippen molar-refractivity contribution in [3.05, 3.63) is 62.9 Å². The maximum atomic E-state index is 12.8. The first-order chi connectivity index (χ1) is 15.7. The van der Waals surface area contributed by atoms with Crippen molar-refractivity contribution in [1.29, 1.82) is 0 Å². The first-order valence-corrected chi connectivity index (χ1v) is 12.3. The second-order valence-corrected chi connectivity index (χ2v) is 10.3. The number of hydrogen-bond acceptors (Lipinski definition) is 6. The highest BCUT2D eigenvalue weighted by Gasteiger charge is 2.20. The Morgan fingerprint density at radius 3 is 2.58 bits per heavy atom. The molecular weight excluding hydrogens is 464 g/mol. The van der Waals surface area contributed by atoms with Gasteiger partial charge in [-0.2, -0.15) is 4.99 Å². The normalized spacial score (nSPS) is 12.2. The van der Waals surface area contributed by atoms with E-state index in [4.69, 9.17) is 6.42 Å². The van der Waals surface area contributed by atoms with Gasteiger partial charge in [-0.15, -0.1) is 6.42 Å². The molecule has 33 heavy (non-hydrogen) atoms. The minimum absolute atomic E-state index is 0.0739. The van der Waals surface area contributed by atoms with E-state index in [1.165, 1.54) is 47.8 Å². The second kappa shape index (κ2) is 10.1. The van der Waals surface area contributed by atoms with Crippen LogP contribution < -0.4 is 4.80 Å². The SMILES string of the molecule is C#CCn1c(=NC(=O)c2ccc(S(=O)(=O)N(C)CCCC)cc2)sc2cc([N+](=O)[O-])ccc21. The number of sulfonamides is 1. The molecule has 0 radical (unpaired) electrons. The molecule has 0 aliphatic heterocycles. The smallest absolute Gasteiger partial charge is 0.279 e. The molecule has 0 aliphatic rings. The van der Waals surface area contributed by atoms with Crippen LogP contribution in [-0.4, -0.2) is 41.7 Å². The molecule has 1 aromatic heterocycles. The molecule has 0 bridgehead atoms. The van der Waals surface area contributed by atoms with E-state index < -0.39 is 20.9 Å². The van der Waals surface area contributed by atoms with Crippen LogP contribution >= 0.6 is 11.3 Å². The van der Waals surface area contributed by atoms with E-state index >= 15 is 0 Å². The number of unbranched alkanes of at least 4 members (excludes halogenated alkanes) is 1. The standard InChI is InChI=1S/C22H22N4O5S2/c1-4-6-14-24(3)33(30,31)18-10-7-16(8-11-18)21(27)23-22-25(13-5-2)19-12-9-17(26(28)29)15-20(19)32-22/h2,7-12,15H,4,6,13-14H2,1,3H3. The molecule has 11 heteroatoms. The second-order valence-electron chi connectivity index (χ2n) is 7.21. The van der Waals surface area contributed by atoms with Crippen LogP contribution in [0.3, 0.4) is 0 Å². The summed E-state index contributed by atoms with van der Waals surface area (Å²) < 4.78 is 28.8. The zero-order chi connectivity index (χ0) is 24.2. The van der Waals surface area contributed by atoms with Gasteiger partial charge in [0.1, 0.15) is 0 Å². The van der Waals surface area contributed by atoms with Gasteiger partial charge in [-0.1, -0.05) is 30.6 Å². The highest BCUT2D eigenvalue weighted by molar-refractivity contribution is 7.89. The monoisotopic (exact) mass is 486 g/mol. The lowest BCUT2D eigenvalue weighted by Crippen LogP contribution is -2.27. The predicted molar refractivity (Wildman–Crippen MR) is 126 cm³/mol. The van der Waals surface area contributed by atoms with Gasteiger partial charge < -0.3 is 4.57 Å². The van der Waals surface area contributed by atoms with Crippen molar-refractivity contribution in [1.82, 2.24) is 8.87 Å². The van der Waals surface area contributed by atoms with Gasteiger partial charge in [0.25, 0.3) is 11.6 Å². The van der Waals surface area contributed by atoms with Crippen LogP contribution in [0.5, 0.6) is 0 Å². The molecule has 0 N–H and O–H groups in total. The quantitative estimate of drug-likeness (QED) is 0.275. The number of fused-ring (bicyclic) bond motifs is 1. The summed E-state index contributed by atoms with van der Waals surface area (Å²) in [4.78, 5) is 27.9. The molecule has 0 saturated carbocycles. The summed E-state index contributed by atoms with van der Waals surface area (Å²) in [5.74, 6) is 1.92. The lowest BCUT2D eigenvalue weighted by molar-refractivity contribution is -0.384. The minimum Gasteiger partial charge on any atom is -0.305 e. The highest BCUT2D eigenvalue weighted by atomic mass is 32.2. The molecule has 3 aromatic rings. The fraction of sp³-hybridized carbons (Fsp3) is 0.273. The Morgan fingerprint density at radius 2 is 1.97 bits per heavy atom. The van der Waals surface area contributed by atoms with E-state index in [1.54, 1.807) is 10.6 Å². The zero-order valence-electron chi connectivity index (χ0n) is 18.1. The van der Waals surface area contributed by atoms with Gasteiger partial charge in [-0.25, -0.2) is 12.7 Å². The number of nitrogens with zero attached hydrogens (tertiary/aromatic N) is 4. The number of non-ortho nitro benzene ring substituents is 1. The molecule has 0 fully saturated rings. The largest absolute Gasteiger partial charge is 0.305 e. The molecule has 0 aliphatic carbocycles. The van der Waals surface area contributed by atoms with Crippen LogP contribution in [0.2, 0.25) is 0 Å². The zero-order valence-corrected chi connectivity index (χ0v) is 19.7. The fourth-order valence-electron chi connectivity index (χ4n) is 3.11. The molecule has 9 nitrogen and oxygen atoms in total. The van der Waals surface area contributed by atoms with Gasteiger partial charge in [-0.3, -0.25) is 14.9 Å². The maximum Gasteiger partial charge on any atom is 0.279 e. The van der Waals surface area contributed by atoms with Crippen LogP contribution in [0, 0.1) is 22.5 Å². The summed E-state index contributed by atoms with van der Waals surface area (Å²) in [6, 6.07) is 9.93. The fourth-order valence-corrected chi connectivity index (χ4v) is 5.38. The van der Waals surface area contributed by atoms with Crippen molar-refractivity contribution in [2.45, 2.75) is 31.2 Å². The van der Waals surface area contributed by atoms with Crippen molar-refractivity contribution >= 4 is 43.2 Å². The Morgan fingerprint density at radius 1 is 1.27 bits per heavy atom. The molecular formula is C22H22N4O5S2. The van der Waals surface area contributed by atoms with Crippen LogP contribution in [0.4, 0.5) is 5.69 Å².